The third kappa shape index (κ3) is 3.25. The fraction of sp³-hybridized carbons (Fsp3) is 0. The van der Waals surface area contributed by atoms with Crippen LogP contribution in [0.4, 0.5) is 0 Å². The minimum absolute atomic E-state index is 0.670. The molecule has 4 nitrogen and oxygen atoms in total. The first-order valence-electron chi connectivity index (χ1n) is 17.1. The van der Waals surface area contributed by atoms with Crippen LogP contribution < -0.4 is 0 Å². The van der Waals surface area contributed by atoms with E-state index in [0.717, 1.165) is 44.0 Å². The molecule has 0 aliphatic heterocycles. The normalized spacial score (nSPS) is 12.4. The van der Waals surface area contributed by atoms with Crippen LogP contribution in [-0.4, -0.2) is 18.9 Å². The molecule has 230 valence electrons. The lowest BCUT2D eigenvalue weighted by Crippen LogP contribution is -2.04. The zero-order valence-electron chi connectivity index (χ0n) is 26.8. The second-order valence-electron chi connectivity index (χ2n) is 13.3. The number of benzene rings is 8. The number of para-hydroxylation sites is 1. The quantitative estimate of drug-likeness (QED) is 0.177. The Labute approximate surface area is 285 Å². The summed E-state index contributed by atoms with van der Waals surface area (Å²) in [6.07, 6.45) is 0. The predicted octanol–water partition coefficient (Wildman–Crippen LogP) is 11.9. The second-order valence-corrected chi connectivity index (χ2v) is 13.3. The Morgan fingerprint density at radius 1 is 0.360 bits per heavy atom. The molecule has 0 fully saturated rings. The first-order valence-corrected chi connectivity index (χ1v) is 17.1. The van der Waals surface area contributed by atoms with Gasteiger partial charge in [0.25, 0.3) is 0 Å². The van der Waals surface area contributed by atoms with E-state index in [0.29, 0.717) is 5.95 Å². The third-order valence-electron chi connectivity index (χ3n) is 10.8. The predicted molar refractivity (Wildman–Crippen MR) is 209 cm³/mol. The molecule has 8 aromatic carbocycles. The average Bonchev–Trinajstić information content (AvgIpc) is 3.67. The van der Waals surface area contributed by atoms with Gasteiger partial charge in [-0.2, -0.15) is 0 Å². The summed E-state index contributed by atoms with van der Waals surface area (Å²) in [4.78, 5) is 10.9. The van der Waals surface area contributed by atoms with E-state index in [-0.39, 0.29) is 0 Å². The van der Waals surface area contributed by atoms with Crippen LogP contribution in [0.5, 0.6) is 0 Å². The van der Waals surface area contributed by atoms with Crippen LogP contribution in [0.1, 0.15) is 0 Å². The Balaban J connectivity index is 1.32. The molecule has 0 aliphatic rings. The van der Waals surface area contributed by atoms with E-state index in [4.69, 9.17) is 9.97 Å². The van der Waals surface area contributed by atoms with Crippen molar-refractivity contribution >= 4 is 92.3 Å². The highest BCUT2D eigenvalue weighted by atomic mass is 15.2. The van der Waals surface area contributed by atoms with Gasteiger partial charge in [-0.05, 0) is 40.4 Å². The van der Waals surface area contributed by atoms with Gasteiger partial charge in [-0.15, -0.1) is 0 Å². The van der Waals surface area contributed by atoms with Crippen LogP contribution in [0.15, 0.2) is 158 Å². The van der Waals surface area contributed by atoms with E-state index in [1.54, 1.807) is 0 Å². The molecular weight excluding hydrogens is 609 g/mol. The largest absolute Gasteiger partial charge is 0.307 e. The molecule has 4 aromatic heterocycles. The summed E-state index contributed by atoms with van der Waals surface area (Å²) in [6, 6.07) is 56.9. The molecule has 0 amide bonds. The number of hydrogen-bond donors (Lipinski definition) is 0. The topological polar surface area (TPSA) is 35.1 Å². The smallest absolute Gasteiger partial charge is 0.235 e. The van der Waals surface area contributed by atoms with E-state index in [1.165, 1.54) is 59.6 Å². The first-order chi connectivity index (χ1) is 24.8. The zero-order valence-corrected chi connectivity index (χ0v) is 26.8. The van der Waals surface area contributed by atoms with E-state index >= 15 is 0 Å². The van der Waals surface area contributed by atoms with Gasteiger partial charge < -0.3 is 4.40 Å². The minimum Gasteiger partial charge on any atom is -0.307 e. The molecular formula is C46H26N4. The van der Waals surface area contributed by atoms with E-state index in [2.05, 4.69) is 167 Å². The molecule has 4 heterocycles. The molecule has 0 N–H and O–H groups in total. The second kappa shape index (κ2) is 9.43. The Kier molecular flexibility index (Phi) is 4.94. The van der Waals surface area contributed by atoms with Crippen LogP contribution >= 0.6 is 0 Å². The molecule has 0 spiro atoms. The van der Waals surface area contributed by atoms with Gasteiger partial charge in [0.1, 0.15) is 0 Å². The Morgan fingerprint density at radius 3 is 1.76 bits per heavy atom. The third-order valence-corrected chi connectivity index (χ3v) is 10.8. The Morgan fingerprint density at radius 2 is 0.920 bits per heavy atom. The van der Waals surface area contributed by atoms with Crippen molar-refractivity contribution in [1.29, 1.82) is 0 Å². The van der Waals surface area contributed by atoms with Crippen molar-refractivity contribution in [3.63, 3.8) is 0 Å². The minimum atomic E-state index is 0.670. The fourth-order valence-electron chi connectivity index (χ4n) is 8.77. The molecule has 4 heteroatoms. The van der Waals surface area contributed by atoms with Crippen LogP contribution in [0.2, 0.25) is 0 Å². The lowest BCUT2D eigenvalue weighted by Gasteiger charge is -2.13. The highest BCUT2D eigenvalue weighted by Crippen LogP contribution is 2.45. The SMILES string of the molecule is c1ccc(-c2nc(-n3c4cccc5c6cccc7c8ccc9ccccc9c8n(c8cccc3c8c54)c67)nc3c2ccc2ccccc23)cc1. The summed E-state index contributed by atoms with van der Waals surface area (Å²) in [5, 5.41) is 13.3. The molecule has 50 heavy (non-hydrogen) atoms. The molecule has 0 saturated heterocycles. The van der Waals surface area contributed by atoms with Crippen molar-refractivity contribution < 1.29 is 0 Å². The summed E-state index contributed by atoms with van der Waals surface area (Å²) < 4.78 is 4.82. The summed E-state index contributed by atoms with van der Waals surface area (Å²) >= 11 is 0. The highest BCUT2D eigenvalue weighted by molar-refractivity contribution is 6.32. The number of aromatic nitrogens is 4. The van der Waals surface area contributed by atoms with Crippen LogP contribution in [0, 0.1) is 0 Å². The molecule has 12 rings (SSSR count). The summed E-state index contributed by atoms with van der Waals surface area (Å²) in [7, 11) is 0. The van der Waals surface area contributed by atoms with Crippen molar-refractivity contribution in [3.8, 4) is 17.2 Å². The van der Waals surface area contributed by atoms with Gasteiger partial charge in [0.15, 0.2) is 0 Å². The maximum atomic E-state index is 5.44. The molecule has 0 bridgehead atoms. The maximum absolute atomic E-state index is 5.44. The summed E-state index contributed by atoms with van der Waals surface area (Å²) in [6.45, 7) is 0. The molecule has 0 aliphatic carbocycles. The van der Waals surface area contributed by atoms with E-state index in [9.17, 15) is 0 Å². The van der Waals surface area contributed by atoms with Crippen molar-refractivity contribution in [2.75, 3.05) is 0 Å². The van der Waals surface area contributed by atoms with E-state index < -0.39 is 0 Å². The van der Waals surface area contributed by atoms with Crippen LogP contribution in [0.3, 0.4) is 0 Å². The molecule has 0 saturated carbocycles. The lowest BCUT2D eigenvalue weighted by atomic mass is 10.0. The Bertz CT molecular complexity index is 3370. The molecule has 0 atom stereocenters. The van der Waals surface area contributed by atoms with Crippen LogP contribution in [-0.2, 0) is 0 Å². The fourth-order valence-corrected chi connectivity index (χ4v) is 8.77. The van der Waals surface area contributed by atoms with Crippen LogP contribution in [0.25, 0.3) is 110 Å². The monoisotopic (exact) mass is 634 g/mol. The average molecular weight is 635 g/mol. The van der Waals surface area contributed by atoms with Gasteiger partial charge in [-0.3, -0.25) is 4.57 Å². The number of nitrogens with zero attached hydrogens (tertiary/aromatic N) is 4. The van der Waals surface area contributed by atoms with Gasteiger partial charge in [-0.25, -0.2) is 9.97 Å². The van der Waals surface area contributed by atoms with Gasteiger partial charge in [0, 0.05) is 48.7 Å². The van der Waals surface area contributed by atoms with Gasteiger partial charge in [0.2, 0.25) is 5.95 Å². The number of hydrogen-bond acceptors (Lipinski definition) is 2. The molecule has 0 unspecified atom stereocenters. The van der Waals surface area contributed by atoms with Gasteiger partial charge >= 0.3 is 0 Å². The molecule has 0 radical (unpaired) electrons. The number of rotatable bonds is 2. The molecule has 12 aromatic rings. The maximum Gasteiger partial charge on any atom is 0.235 e. The van der Waals surface area contributed by atoms with Gasteiger partial charge in [-0.1, -0.05) is 133 Å². The standard InChI is InChI=1S/C46H26N4/c1-2-13-29(14-3-1)42-36-26-24-27-11-4-6-15-30(27)43(36)48-46(47-42)49-37-20-9-17-32-33-18-8-19-34-35-25-23-28-12-5-7-16-31(28)44(35)50(45(33)34)39-22-10-21-38(49)41(39)40(32)37/h1-26H. The summed E-state index contributed by atoms with van der Waals surface area (Å²) in [5.41, 5.74) is 8.81. The lowest BCUT2D eigenvalue weighted by molar-refractivity contribution is 1.02. The zero-order chi connectivity index (χ0) is 32.5. The van der Waals surface area contributed by atoms with Crippen molar-refractivity contribution in [2.24, 2.45) is 0 Å². The van der Waals surface area contributed by atoms with Crippen molar-refractivity contribution in [1.82, 2.24) is 18.9 Å². The highest BCUT2D eigenvalue weighted by Gasteiger charge is 2.24. The van der Waals surface area contributed by atoms with Crippen molar-refractivity contribution in [2.45, 2.75) is 0 Å². The first kappa shape index (κ1) is 26.2. The van der Waals surface area contributed by atoms with Gasteiger partial charge in [0.05, 0.1) is 38.8 Å². The van der Waals surface area contributed by atoms with E-state index in [1.807, 2.05) is 0 Å². The Hall–Kier alpha value is -6.78. The van der Waals surface area contributed by atoms with Crippen molar-refractivity contribution in [3.05, 3.63) is 158 Å². The number of fused-ring (bicyclic) bond motifs is 10. The summed E-state index contributed by atoms with van der Waals surface area (Å²) in [5.74, 6) is 0.670.